The largest absolute Gasteiger partial charge is 0.459 e. The van der Waals surface area contributed by atoms with Crippen LogP contribution in [0.3, 0.4) is 0 Å². The molecule has 190 valence electrons. The van der Waals surface area contributed by atoms with E-state index < -0.39 is 27.8 Å². The summed E-state index contributed by atoms with van der Waals surface area (Å²) >= 11 is 0.929. The summed E-state index contributed by atoms with van der Waals surface area (Å²) in [6.45, 7) is 8.11. The van der Waals surface area contributed by atoms with Gasteiger partial charge in [0, 0.05) is 26.2 Å². The molecule has 0 spiro atoms. The van der Waals surface area contributed by atoms with E-state index in [9.17, 15) is 22.8 Å². The SMILES string of the molecule is Cc1ccc(S(=O)(=O)N2CCN(CC(=O)Nc3sc(C(N)=O)c(C)c3C(=O)OC(C)C)CC2)cc1. The number of nitrogens with two attached hydrogens (primary N) is 1. The molecular weight excluding hydrogens is 492 g/mol. The summed E-state index contributed by atoms with van der Waals surface area (Å²) < 4.78 is 32.4. The van der Waals surface area contributed by atoms with Crippen LogP contribution in [0.15, 0.2) is 29.2 Å². The Morgan fingerprint density at radius 1 is 1.09 bits per heavy atom. The summed E-state index contributed by atoms with van der Waals surface area (Å²) in [4.78, 5) is 39.4. The van der Waals surface area contributed by atoms with E-state index >= 15 is 0 Å². The Balaban J connectivity index is 1.65. The third-order valence-corrected chi connectivity index (χ3v) is 8.66. The van der Waals surface area contributed by atoms with Crippen molar-refractivity contribution >= 4 is 44.1 Å². The van der Waals surface area contributed by atoms with Crippen LogP contribution in [-0.4, -0.2) is 74.2 Å². The van der Waals surface area contributed by atoms with Crippen LogP contribution in [0.25, 0.3) is 0 Å². The van der Waals surface area contributed by atoms with Crippen molar-refractivity contribution in [1.82, 2.24) is 9.21 Å². The van der Waals surface area contributed by atoms with Gasteiger partial charge in [-0.05, 0) is 45.4 Å². The molecule has 1 fully saturated rings. The number of esters is 1. The molecule has 0 aliphatic carbocycles. The number of hydrogen-bond acceptors (Lipinski definition) is 8. The highest BCUT2D eigenvalue weighted by Gasteiger charge is 2.30. The van der Waals surface area contributed by atoms with Gasteiger partial charge in [-0.3, -0.25) is 14.5 Å². The molecule has 0 unspecified atom stereocenters. The summed E-state index contributed by atoms with van der Waals surface area (Å²) in [6, 6.07) is 6.70. The highest BCUT2D eigenvalue weighted by molar-refractivity contribution is 7.89. The lowest BCUT2D eigenvalue weighted by Crippen LogP contribution is -2.50. The molecule has 10 nitrogen and oxygen atoms in total. The van der Waals surface area contributed by atoms with Crippen LogP contribution < -0.4 is 11.1 Å². The summed E-state index contributed by atoms with van der Waals surface area (Å²) in [5.74, 6) is -1.74. The molecule has 1 aliphatic rings. The van der Waals surface area contributed by atoms with Gasteiger partial charge in [0.2, 0.25) is 15.9 Å². The lowest BCUT2D eigenvalue weighted by Gasteiger charge is -2.33. The molecule has 0 saturated carbocycles. The molecule has 0 atom stereocenters. The fourth-order valence-corrected chi connectivity index (χ4v) is 6.20. The Kier molecular flexibility index (Phi) is 8.31. The third kappa shape index (κ3) is 6.26. The van der Waals surface area contributed by atoms with Gasteiger partial charge < -0.3 is 15.8 Å². The van der Waals surface area contributed by atoms with Crippen molar-refractivity contribution in [2.45, 2.75) is 38.7 Å². The summed E-state index contributed by atoms with van der Waals surface area (Å²) in [5.41, 5.74) is 6.87. The van der Waals surface area contributed by atoms with Crippen molar-refractivity contribution in [2.75, 3.05) is 38.0 Å². The van der Waals surface area contributed by atoms with Gasteiger partial charge in [-0.1, -0.05) is 17.7 Å². The van der Waals surface area contributed by atoms with Gasteiger partial charge >= 0.3 is 5.97 Å². The second-order valence-corrected chi connectivity index (χ2v) is 11.6. The predicted octanol–water partition coefficient (Wildman–Crippen LogP) is 1.97. The van der Waals surface area contributed by atoms with Crippen molar-refractivity contribution in [3.8, 4) is 0 Å². The number of piperazine rings is 1. The summed E-state index contributed by atoms with van der Waals surface area (Å²) in [7, 11) is -3.60. The van der Waals surface area contributed by atoms with Crippen molar-refractivity contribution in [1.29, 1.82) is 0 Å². The van der Waals surface area contributed by atoms with Crippen LogP contribution in [0.5, 0.6) is 0 Å². The van der Waals surface area contributed by atoms with Gasteiger partial charge in [-0.25, -0.2) is 13.2 Å². The number of anilines is 1. The maximum absolute atomic E-state index is 12.9. The fraction of sp³-hybridized carbons (Fsp3) is 0.435. The van der Waals surface area contributed by atoms with E-state index in [4.69, 9.17) is 10.5 Å². The molecule has 3 N–H and O–H groups in total. The van der Waals surface area contributed by atoms with E-state index in [1.807, 2.05) is 11.8 Å². The van der Waals surface area contributed by atoms with Gasteiger partial charge in [0.05, 0.1) is 28.0 Å². The molecule has 0 radical (unpaired) electrons. The Morgan fingerprint density at radius 3 is 2.23 bits per heavy atom. The number of sulfonamides is 1. The van der Waals surface area contributed by atoms with E-state index in [1.54, 1.807) is 45.0 Å². The predicted molar refractivity (Wildman–Crippen MR) is 133 cm³/mol. The number of nitrogens with zero attached hydrogens (tertiary/aromatic N) is 2. The average Bonchev–Trinajstić information content (AvgIpc) is 3.09. The van der Waals surface area contributed by atoms with E-state index in [0.29, 0.717) is 18.7 Å². The van der Waals surface area contributed by atoms with Crippen LogP contribution in [0, 0.1) is 13.8 Å². The summed E-state index contributed by atoms with van der Waals surface area (Å²) in [6.07, 6.45) is -0.380. The number of amides is 2. The van der Waals surface area contributed by atoms with Gasteiger partial charge in [0.25, 0.3) is 5.91 Å². The molecule has 1 aromatic carbocycles. The van der Waals surface area contributed by atoms with Crippen molar-refractivity contribution in [2.24, 2.45) is 5.73 Å². The minimum atomic E-state index is -3.60. The zero-order valence-corrected chi connectivity index (χ0v) is 21.8. The molecule has 35 heavy (non-hydrogen) atoms. The van der Waals surface area contributed by atoms with E-state index in [1.165, 1.54) is 4.31 Å². The minimum absolute atomic E-state index is 0.0000597. The van der Waals surface area contributed by atoms with E-state index in [0.717, 1.165) is 16.9 Å². The first-order valence-corrected chi connectivity index (χ1v) is 13.4. The Bertz CT molecular complexity index is 1210. The van der Waals surface area contributed by atoms with Crippen LogP contribution in [-0.2, 0) is 19.6 Å². The van der Waals surface area contributed by atoms with Crippen LogP contribution in [0.2, 0.25) is 0 Å². The van der Waals surface area contributed by atoms with Crippen molar-refractivity contribution in [3.63, 3.8) is 0 Å². The fourth-order valence-electron chi connectivity index (χ4n) is 3.71. The van der Waals surface area contributed by atoms with Gasteiger partial charge in [0.15, 0.2) is 0 Å². The number of aryl methyl sites for hydroxylation is 1. The number of nitrogens with one attached hydrogen (secondary N) is 1. The molecule has 1 saturated heterocycles. The number of benzene rings is 1. The quantitative estimate of drug-likeness (QED) is 0.505. The monoisotopic (exact) mass is 522 g/mol. The Morgan fingerprint density at radius 2 is 1.69 bits per heavy atom. The van der Waals surface area contributed by atoms with Crippen LogP contribution in [0.4, 0.5) is 5.00 Å². The number of carbonyl (C=O) groups excluding carboxylic acids is 3. The van der Waals surface area contributed by atoms with E-state index in [-0.39, 0.29) is 46.1 Å². The number of carbonyl (C=O) groups is 3. The van der Waals surface area contributed by atoms with Gasteiger partial charge in [-0.2, -0.15) is 4.31 Å². The highest BCUT2D eigenvalue weighted by atomic mass is 32.2. The number of primary amides is 1. The second kappa shape index (κ2) is 10.9. The maximum atomic E-state index is 12.9. The number of hydrogen-bond donors (Lipinski definition) is 2. The van der Waals surface area contributed by atoms with E-state index in [2.05, 4.69) is 5.32 Å². The lowest BCUT2D eigenvalue weighted by atomic mass is 10.1. The molecular formula is C23H30N4O6S2. The van der Waals surface area contributed by atoms with Crippen molar-refractivity contribution < 1.29 is 27.5 Å². The first-order chi connectivity index (χ1) is 16.4. The number of rotatable bonds is 8. The van der Waals surface area contributed by atoms with Crippen LogP contribution >= 0.6 is 11.3 Å². The normalized spacial score (nSPS) is 15.2. The summed E-state index contributed by atoms with van der Waals surface area (Å²) in [5, 5.41) is 2.90. The topological polar surface area (TPSA) is 139 Å². The first kappa shape index (κ1) is 26.8. The molecule has 2 amide bonds. The molecule has 0 bridgehead atoms. The molecule has 2 aromatic rings. The molecule has 1 aromatic heterocycles. The zero-order chi connectivity index (χ0) is 25.9. The molecule has 12 heteroatoms. The Hall–Kier alpha value is -2.80. The van der Waals surface area contributed by atoms with Gasteiger partial charge in [-0.15, -0.1) is 11.3 Å². The number of ether oxygens (including phenoxy) is 1. The first-order valence-electron chi connectivity index (χ1n) is 11.1. The van der Waals surface area contributed by atoms with Gasteiger partial charge in [0.1, 0.15) is 5.00 Å². The Labute approximate surface area is 209 Å². The van der Waals surface area contributed by atoms with Crippen molar-refractivity contribution in [3.05, 3.63) is 45.8 Å². The standard InChI is InChI=1S/C23H30N4O6S2/c1-14(2)33-23(30)19-16(4)20(21(24)29)34-22(19)25-18(28)13-26-9-11-27(12-10-26)35(31,32)17-7-5-15(3)6-8-17/h5-8,14H,9-13H2,1-4H3,(H2,24,29)(H,25,28). The second-order valence-electron chi connectivity index (χ2n) is 8.62. The third-order valence-electron chi connectivity index (χ3n) is 5.53. The molecule has 3 rings (SSSR count). The average molecular weight is 523 g/mol. The molecule has 1 aliphatic heterocycles. The van der Waals surface area contributed by atoms with Crippen LogP contribution in [0.1, 0.15) is 45.0 Å². The molecule has 2 heterocycles. The lowest BCUT2D eigenvalue weighted by molar-refractivity contribution is -0.117. The maximum Gasteiger partial charge on any atom is 0.341 e. The number of thiophene rings is 1. The highest BCUT2D eigenvalue weighted by Crippen LogP contribution is 2.33. The smallest absolute Gasteiger partial charge is 0.341 e. The minimum Gasteiger partial charge on any atom is -0.459 e. The zero-order valence-electron chi connectivity index (χ0n) is 20.2.